The molecule has 0 radical (unpaired) electrons. The molecule has 18 heavy (non-hydrogen) atoms. The van der Waals surface area contributed by atoms with Gasteiger partial charge < -0.3 is 0 Å². The van der Waals surface area contributed by atoms with Gasteiger partial charge in [0, 0.05) is 9.50 Å². The quantitative estimate of drug-likeness (QED) is 0.582. The second kappa shape index (κ2) is 5.64. The van der Waals surface area contributed by atoms with Gasteiger partial charge in [-0.15, -0.1) is 11.6 Å². The lowest BCUT2D eigenvalue weighted by Gasteiger charge is -2.15. The van der Waals surface area contributed by atoms with E-state index in [2.05, 4.69) is 48.0 Å². The molecule has 0 aliphatic rings. The molecule has 0 N–H and O–H groups in total. The van der Waals surface area contributed by atoms with Gasteiger partial charge in [-0.2, -0.15) is 0 Å². The lowest BCUT2D eigenvalue weighted by molar-refractivity contribution is 1.10. The van der Waals surface area contributed by atoms with E-state index < -0.39 is 0 Å². The summed E-state index contributed by atoms with van der Waals surface area (Å²) in [6, 6.07) is 12.1. The highest BCUT2D eigenvalue weighted by atomic mass is 79.9. The van der Waals surface area contributed by atoms with Gasteiger partial charge in [-0.3, -0.25) is 0 Å². The second-order valence-electron chi connectivity index (χ2n) is 4.43. The zero-order valence-electron chi connectivity index (χ0n) is 10.2. The smallest absolute Gasteiger partial charge is 0.0839 e. The topological polar surface area (TPSA) is 0 Å². The fraction of sp³-hybridized carbons (Fsp3) is 0.200. The Morgan fingerprint density at radius 1 is 1.06 bits per heavy atom. The summed E-state index contributed by atoms with van der Waals surface area (Å²) in [7, 11) is 0. The van der Waals surface area contributed by atoms with Crippen molar-refractivity contribution in [1.82, 2.24) is 0 Å². The van der Waals surface area contributed by atoms with Gasteiger partial charge in [0.05, 0.1) is 5.38 Å². The number of alkyl halides is 1. The Bertz CT molecular complexity index is 558. The number of aryl methyl sites for hydroxylation is 2. The van der Waals surface area contributed by atoms with Crippen molar-refractivity contribution in [2.24, 2.45) is 0 Å². The van der Waals surface area contributed by atoms with Crippen LogP contribution in [0.15, 0.2) is 40.9 Å². The Kier molecular flexibility index (Phi) is 4.37. The van der Waals surface area contributed by atoms with Gasteiger partial charge in [0.2, 0.25) is 0 Å². The maximum Gasteiger partial charge on any atom is 0.0839 e. The first-order chi connectivity index (χ1) is 8.47. The predicted octanol–water partition coefficient (Wildman–Crippen LogP) is 6.05. The van der Waals surface area contributed by atoms with Gasteiger partial charge >= 0.3 is 0 Å². The fourth-order valence-electron chi connectivity index (χ4n) is 1.93. The van der Waals surface area contributed by atoms with Crippen molar-refractivity contribution in [3.63, 3.8) is 0 Å². The van der Waals surface area contributed by atoms with Gasteiger partial charge in [-0.1, -0.05) is 51.3 Å². The number of halogens is 3. The van der Waals surface area contributed by atoms with Crippen molar-refractivity contribution in [2.45, 2.75) is 19.2 Å². The van der Waals surface area contributed by atoms with Crippen molar-refractivity contribution >= 4 is 39.1 Å². The van der Waals surface area contributed by atoms with Crippen LogP contribution in [-0.2, 0) is 0 Å². The van der Waals surface area contributed by atoms with E-state index in [-0.39, 0.29) is 5.38 Å². The molecule has 0 nitrogen and oxygen atoms in total. The van der Waals surface area contributed by atoms with Crippen LogP contribution in [0.25, 0.3) is 0 Å². The molecular weight excluding hydrogens is 331 g/mol. The maximum atomic E-state index is 6.57. The third-order valence-corrected chi connectivity index (χ3v) is 4.05. The molecule has 0 aliphatic carbocycles. The molecule has 94 valence electrons. The minimum atomic E-state index is -0.181. The summed E-state index contributed by atoms with van der Waals surface area (Å²) in [6.45, 7) is 4.14. The fourth-order valence-corrected chi connectivity index (χ4v) is 3.18. The molecule has 2 rings (SSSR count). The third-order valence-electron chi connectivity index (χ3n) is 2.89. The van der Waals surface area contributed by atoms with E-state index in [0.29, 0.717) is 5.02 Å². The monoisotopic (exact) mass is 342 g/mol. The summed E-state index contributed by atoms with van der Waals surface area (Å²) < 4.78 is 0.945. The van der Waals surface area contributed by atoms with Crippen LogP contribution in [0.1, 0.15) is 27.6 Å². The molecule has 1 atom stereocenters. The van der Waals surface area contributed by atoms with Gasteiger partial charge in [0.1, 0.15) is 0 Å². The predicted molar refractivity (Wildman–Crippen MR) is 82.8 cm³/mol. The van der Waals surface area contributed by atoms with Crippen LogP contribution >= 0.6 is 39.1 Å². The third kappa shape index (κ3) is 3.09. The molecule has 0 spiro atoms. The first-order valence-electron chi connectivity index (χ1n) is 5.64. The molecule has 0 amide bonds. The average molecular weight is 344 g/mol. The van der Waals surface area contributed by atoms with Crippen molar-refractivity contribution in [2.75, 3.05) is 0 Å². The van der Waals surface area contributed by atoms with Crippen LogP contribution in [0, 0.1) is 13.8 Å². The van der Waals surface area contributed by atoms with Crippen LogP contribution in [-0.4, -0.2) is 0 Å². The summed E-state index contributed by atoms with van der Waals surface area (Å²) in [6.07, 6.45) is 0. The van der Waals surface area contributed by atoms with Crippen molar-refractivity contribution in [3.05, 3.63) is 68.1 Å². The highest BCUT2D eigenvalue weighted by Gasteiger charge is 2.14. The van der Waals surface area contributed by atoms with Gasteiger partial charge in [0.15, 0.2) is 0 Å². The minimum Gasteiger partial charge on any atom is -0.113 e. The van der Waals surface area contributed by atoms with Crippen LogP contribution in [0.4, 0.5) is 0 Å². The largest absolute Gasteiger partial charge is 0.113 e. The Morgan fingerprint density at radius 2 is 1.78 bits per heavy atom. The van der Waals surface area contributed by atoms with Crippen molar-refractivity contribution < 1.29 is 0 Å². The van der Waals surface area contributed by atoms with E-state index in [1.165, 1.54) is 11.1 Å². The van der Waals surface area contributed by atoms with E-state index in [1.807, 2.05) is 18.2 Å². The number of rotatable bonds is 2. The highest BCUT2D eigenvalue weighted by Crippen LogP contribution is 2.34. The molecule has 0 aliphatic heterocycles. The van der Waals surface area contributed by atoms with Crippen LogP contribution < -0.4 is 0 Å². The van der Waals surface area contributed by atoms with E-state index in [4.69, 9.17) is 23.2 Å². The first kappa shape index (κ1) is 13.9. The highest BCUT2D eigenvalue weighted by molar-refractivity contribution is 9.10. The van der Waals surface area contributed by atoms with Crippen molar-refractivity contribution in [3.8, 4) is 0 Å². The standard InChI is InChI=1S/C15H13BrCl2/c1-9-3-4-10(2)14(5-9)15(18)11-6-12(16)8-13(17)7-11/h3-8,15H,1-2H3. The second-order valence-corrected chi connectivity index (χ2v) is 6.21. The molecule has 0 bridgehead atoms. The molecule has 1 unspecified atom stereocenters. The minimum absolute atomic E-state index is 0.181. The van der Waals surface area contributed by atoms with Gasteiger partial charge in [-0.25, -0.2) is 0 Å². The van der Waals surface area contributed by atoms with E-state index >= 15 is 0 Å². The molecule has 2 aromatic rings. The van der Waals surface area contributed by atoms with Crippen LogP contribution in [0.3, 0.4) is 0 Å². The Morgan fingerprint density at radius 3 is 2.44 bits per heavy atom. The summed E-state index contributed by atoms with van der Waals surface area (Å²) >= 11 is 16.1. The normalized spacial score (nSPS) is 12.5. The average Bonchev–Trinajstić information content (AvgIpc) is 2.30. The molecule has 0 saturated carbocycles. The SMILES string of the molecule is Cc1ccc(C)c(C(Cl)c2cc(Cl)cc(Br)c2)c1. The van der Waals surface area contributed by atoms with Crippen LogP contribution in [0.5, 0.6) is 0 Å². The molecule has 0 aromatic heterocycles. The van der Waals surface area contributed by atoms with E-state index in [1.54, 1.807) is 0 Å². The molecule has 0 fully saturated rings. The molecule has 0 heterocycles. The number of benzene rings is 2. The zero-order valence-corrected chi connectivity index (χ0v) is 13.3. The Hall–Kier alpha value is -0.500. The molecule has 3 heteroatoms. The van der Waals surface area contributed by atoms with Gasteiger partial charge in [0.25, 0.3) is 0 Å². The molecular formula is C15H13BrCl2. The Balaban J connectivity index is 2.47. The van der Waals surface area contributed by atoms with Gasteiger partial charge in [-0.05, 0) is 48.7 Å². The summed E-state index contributed by atoms with van der Waals surface area (Å²) in [5, 5.41) is 0.509. The van der Waals surface area contributed by atoms with E-state index in [9.17, 15) is 0 Å². The summed E-state index contributed by atoms with van der Waals surface area (Å²) in [5.41, 5.74) is 4.54. The molecule has 0 saturated heterocycles. The Labute approximate surface area is 126 Å². The van der Waals surface area contributed by atoms with Crippen molar-refractivity contribution in [1.29, 1.82) is 0 Å². The zero-order chi connectivity index (χ0) is 13.3. The van der Waals surface area contributed by atoms with Crippen LogP contribution in [0.2, 0.25) is 5.02 Å². The number of hydrogen-bond acceptors (Lipinski definition) is 0. The lowest BCUT2D eigenvalue weighted by atomic mass is 9.98. The van der Waals surface area contributed by atoms with E-state index in [0.717, 1.165) is 15.6 Å². The summed E-state index contributed by atoms with van der Waals surface area (Å²) in [5.74, 6) is 0. The lowest BCUT2D eigenvalue weighted by Crippen LogP contribution is -1.97. The number of hydrogen-bond donors (Lipinski definition) is 0. The first-order valence-corrected chi connectivity index (χ1v) is 7.25. The summed E-state index contributed by atoms with van der Waals surface area (Å²) in [4.78, 5) is 0. The molecule has 2 aromatic carbocycles. The maximum absolute atomic E-state index is 6.57.